The minimum atomic E-state index is -0.810. The van der Waals surface area contributed by atoms with Crippen molar-refractivity contribution in [1.29, 1.82) is 0 Å². The van der Waals surface area contributed by atoms with Crippen molar-refractivity contribution >= 4 is 23.5 Å². The number of hydrogen-bond acceptors (Lipinski definition) is 4. The average Bonchev–Trinajstić information content (AvgIpc) is 3.00. The van der Waals surface area contributed by atoms with Gasteiger partial charge in [0.05, 0.1) is 5.56 Å². The molecule has 0 bridgehead atoms. The maximum atomic E-state index is 12.1. The monoisotopic (exact) mass is 304 g/mol. The van der Waals surface area contributed by atoms with Crippen LogP contribution in [0, 0.1) is 0 Å². The summed E-state index contributed by atoms with van der Waals surface area (Å²) in [6.45, 7) is 4.41. The van der Waals surface area contributed by atoms with Crippen LogP contribution >= 0.6 is 0 Å². The third-order valence-electron chi connectivity index (χ3n) is 3.47. The summed E-state index contributed by atoms with van der Waals surface area (Å²) >= 11 is 0. The Morgan fingerprint density at radius 1 is 1.23 bits per heavy atom. The smallest absolute Gasteiger partial charge is 0.338 e. The van der Waals surface area contributed by atoms with Gasteiger partial charge in [0.25, 0.3) is 5.91 Å². The summed E-state index contributed by atoms with van der Waals surface area (Å²) in [6.07, 6.45) is 1.17. The van der Waals surface area contributed by atoms with Gasteiger partial charge in [-0.15, -0.1) is 0 Å². The second kappa shape index (κ2) is 7.06. The molecule has 1 saturated heterocycles. The van der Waals surface area contributed by atoms with Crippen LogP contribution in [0.4, 0.5) is 5.69 Å². The van der Waals surface area contributed by atoms with Gasteiger partial charge >= 0.3 is 5.97 Å². The normalized spacial score (nSPS) is 15.3. The molecule has 2 rings (SSSR count). The van der Waals surface area contributed by atoms with Crippen LogP contribution in [0.25, 0.3) is 0 Å². The van der Waals surface area contributed by atoms with Crippen LogP contribution in [-0.2, 0) is 14.3 Å². The second-order valence-corrected chi connectivity index (χ2v) is 5.34. The van der Waals surface area contributed by atoms with Crippen molar-refractivity contribution in [1.82, 2.24) is 4.90 Å². The molecule has 0 saturated carbocycles. The zero-order valence-electron chi connectivity index (χ0n) is 12.8. The van der Waals surface area contributed by atoms with E-state index in [0.29, 0.717) is 11.3 Å². The Kier molecular flexibility index (Phi) is 5.14. The predicted octanol–water partition coefficient (Wildman–Crippen LogP) is 1.81. The molecule has 1 aliphatic heterocycles. The summed E-state index contributed by atoms with van der Waals surface area (Å²) in [4.78, 5) is 37.0. The highest BCUT2D eigenvalue weighted by atomic mass is 16.5. The Bertz CT molecular complexity index is 579. The van der Waals surface area contributed by atoms with E-state index in [0.717, 1.165) is 25.9 Å². The van der Waals surface area contributed by atoms with E-state index < -0.39 is 12.1 Å². The molecule has 2 amide bonds. The summed E-state index contributed by atoms with van der Waals surface area (Å²) in [7, 11) is 0. The van der Waals surface area contributed by atoms with Gasteiger partial charge in [0.15, 0.2) is 6.10 Å². The number of benzene rings is 1. The Morgan fingerprint density at radius 2 is 1.91 bits per heavy atom. The molecule has 0 aromatic heterocycles. The van der Waals surface area contributed by atoms with Gasteiger partial charge in [0, 0.05) is 25.7 Å². The number of nitrogens with zero attached hydrogens (tertiary/aromatic N) is 1. The van der Waals surface area contributed by atoms with Crippen molar-refractivity contribution in [2.45, 2.75) is 32.8 Å². The van der Waals surface area contributed by atoms with E-state index in [1.54, 1.807) is 30.0 Å². The highest BCUT2D eigenvalue weighted by Crippen LogP contribution is 2.14. The first-order chi connectivity index (χ1) is 10.5. The molecule has 6 nitrogen and oxygen atoms in total. The largest absolute Gasteiger partial charge is 0.449 e. The molecule has 0 unspecified atom stereocenters. The van der Waals surface area contributed by atoms with Crippen molar-refractivity contribution in [3.8, 4) is 0 Å². The van der Waals surface area contributed by atoms with Crippen LogP contribution < -0.4 is 5.32 Å². The minimum absolute atomic E-state index is 0.163. The molecule has 0 spiro atoms. The molecule has 118 valence electrons. The number of ether oxygens (including phenoxy) is 1. The summed E-state index contributed by atoms with van der Waals surface area (Å²) in [5, 5.41) is 2.60. The molecule has 0 aliphatic carbocycles. The Balaban J connectivity index is 1.99. The number of carbonyl (C=O) groups excluding carboxylic acids is 3. The second-order valence-electron chi connectivity index (χ2n) is 5.34. The molecule has 1 N–H and O–H groups in total. The first-order valence-corrected chi connectivity index (χ1v) is 7.35. The van der Waals surface area contributed by atoms with Gasteiger partial charge in [0.1, 0.15) is 0 Å². The van der Waals surface area contributed by atoms with Crippen LogP contribution in [0.15, 0.2) is 24.3 Å². The lowest BCUT2D eigenvalue weighted by molar-refractivity contribution is -0.138. The molecular formula is C16H20N2O4. The fourth-order valence-electron chi connectivity index (χ4n) is 2.40. The number of anilines is 1. The van der Waals surface area contributed by atoms with E-state index in [9.17, 15) is 14.4 Å². The number of carbonyl (C=O) groups is 3. The molecular weight excluding hydrogens is 284 g/mol. The fraction of sp³-hybridized carbons (Fsp3) is 0.438. The van der Waals surface area contributed by atoms with Gasteiger partial charge in [-0.1, -0.05) is 6.07 Å². The number of nitrogens with one attached hydrogen (secondary N) is 1. The molecule has 1 aromatic carbocycles. The quantitative estimate of drug-likeness (QED) is 0.861. The van der Waals surface area contributed by atoms with Gasteiger partial charge in [-0.25, -0.2) is 4.79 Å². The summed E-state index contributed by atoms with van der Waals surface area (Å²) < 4.78 is 5.23. The van der Waals surface area contributed by atoms with E-state index in [4.69, 9.17) is 4.74 Å². The fourth-order valence-corrected chi connectivity index (χ4v) is 2.40. The average molecular weight is 304 g/mol. The van der Waals surface area contributed by atoms with E-state index in [-0.39, 0.29) is 11.8 Å². The zero-order chi connectivity index (χ0) is 16.1. The summed E-state index contributed by atoms with van der Waals surface area (Å²) in [5.41, 5.74) is 0.813. The SMILES string of the molecule is CC(=O)Nc1cccc(C(=O)O[C@H](C)C(=O)N2CCCC2)c1. The molecule has 1 aromatic rings. The Hall–Kier alpha value is -2.37. The van der Waals surface area contributed by atoms with E-state index >= 15 is 0 Å². The summed E-state index contributed by atoms with van der Waals surface area (Å²) in [5.74, 6) is -0.959. The maximum absolute atomic E-state index is 12.1. The lowest BCUT2D eigenvalue weighted by Gasteiger charge is -2.20. The van der Waals surface area contributed by atoms with Crippen LogP contribution in [0.1, 0.15) is 37.0 Å². The van der Waals surface area contributed by atoms with Gasteiger partial charge in [-0.3, -0.25) is 9.59 Å². The molecule has 1 heterocycles. The van der Waals surface area contributed by atoms with E-state index in [2.05, 4.69) is 5.32 Å². The van der Waals surface area contributed by atoms with Crippen molar-refractivity contribution in [2.75, 3.05) is 18.4 Å². The third-order valence-corrected chi connectivity index (χ3v) is 3.47. The lowest BCUT2D eigenvalue weighted by atomic mass is 10.2. The van der Waals surface area contributed by atoms with Crippen LogP contribution in [0.5, 0.6) is 0 Å². The van der Waals surface area contributed by atoms with Gasteiger partial charge in [-0.05, 0) is 38.0 Å². The van der Waals surface area contributed by atoms with Crippen LogP contribution in [0.2, 0.25) is 0 Å². The first-order valence-electron chi connectivity index (χ1n) is 7.35. The number of amides is 2. The van der Waals surface area contributed by atoms with Gasteiger partial charge in [-0.2, -0.15) is 0 Å². The van der Waals surface area contributed by atoms with Crippen molar-refractivity contribution in [3.63, 3.8) is 0 Å². The highest BCUT2D eigenvalue weighted by molar-refractivity contribution is 5.95. The Morgan fingerprint density at radius 3 is 2.55 bits per heavy atom. The lowest BCUT2D eigenvalue weighted by Crippen LogP contribution is -2.38. The van der Waals surface area contributed by atoms with Crippen molar-refractivity contribution in [2.24, 2.45) is 0 Å². The number of likely N-dealkylation sites (tertiary alicyclic amines) is 1. The van der Waals surface area contributed by atoms with E-state index in [1.165, 1.54) is 13.0 Å². The molecule has 1 aliphatic rings. The number of esters is 1. The van der Waals surface area contributed by atoms with E-state index in [1.807, 2.05) is 0 Å². The number of hydrogen-bond donors (Lipinski definition) is 1. The maximum Gasteiger partial charge on any atom is 0.338 e. The first kappa shape index (κ1) is 16.0. The van der Waals surface area contributed by atoms with Crippen molar-refractivity contribution < 1.29 is 19.1 Å². The Labute approximate surface area is 129 Å². The molecule has 0 radical (unpaired) electrons. The molecule has 1 fully saturated rings. The van der Waals surface area contributed by atoms with Gasteiger partial charge in [0.2, 0.25) is 5.91 Å². The highest BCUT2D eigenvalue weighted by Gasteiger charge is 2.26. The van der Waals surface area contributed by atoms with Crippen LogP contribution in [0.3, 0.4) is 0 Å². The molecule has 1 atom stereocenters. The molecule has 6 heteroatoms. The zero-order valence-corrected chi connectivity index (χ0v) is 12.8. The standard InChI is InChI=1S/C16H20N2O4/c1-11(15(20)18-8-3-4-9-18)22-16(21)13-6-5-7-14(10-13)17-12(2)19/h5-7,10-11H,3-4,8-9H2,1-2H3,(H,17,19)/t11-/m1/s1. The number of rotatable bonds is 4. The van der Waals surface area contributed by atoms with Gasteiger partial charge < -0.3 is 15.0 Å². The predicted molar refractivity (Wildman–Crippen MR) is 81.4 cm³/mol. The van der Waals surface area contributed by atoms with Crippen molar-refractivity contribution in [3.05, 3.63) is 29.8 Å². The third kappa shape index (κ3) is 4.07. The topological polar surface area (TPSA) is 75.7 Å². The summed E-state index contributed by atoms with van der Waals surface area (Å²) in [6, 6.07) is 6.43. The van der Waals surface area contributed by atoms with Crippen LogP contribution in [-0.4, -0.2) is 41.9 Å². The minimum Gasteiger partial charge on any atom is -0.449 e. The molecule has 22 heavy (non-hydrogen) atoms.